The van der Waals surface area contributed by atoms with Gasteiger partial charge in [0.15, 0.2) is 5.13 Å². The maximum absolute atomic E-state index is 13.6. The zero-order valence-corrected chi connectivity index (χ0v) is 18.6. The average molecular weight is 528 g/mol. The first-order valence-electron chi connectivity index (χ1n) is 8.44. The van der Waals surface area contributed by atoms with E-state index < -0.39 is 33.5 Å². The van der Waals surface area contributed by atoms with E-state index >= 15 is 0 Å². The fourth-order valence-corrected chi connectivity index (χ4v) is 4.91. The number of nitrogens with one attached hydrogen (secondary N) is 2. The molecule has 2 N–H and O–H groups in total. The summed E-state index contributed by atoms with van der Waals surface area (Å²) in [6.07, 6.45) is -3.56. The lowest BCUT2D eigenvalue weighted by molar-refractivity contribution is -0.140. The van der Waals surface area contributed by atoms with E-state index in [1.807, 2.05) is 0 Å². The van der Waals surface area contributed by atoms with Crippen LogP contribution in [-0.4, -0.2) is 19.3 Å². The zero-order chi connectivity index (χ0) is 23.7. The average Bonchev–Trinajstić information content (AvgIpc) is 3.09. The lowest BCUT2D eigenvalue weighted by Crippen LogP contribution is -2.23. The molecule has 32 heavy (non-hydrogen) atoms. The Morgan fingerprint density at radius 3 is 2.41 bits per heavy atom. The van der Waals surface area contributed by atoms with Crippen molar-refractivity contribution in [2.75, 3.05) is 4.72 Å². The highest BCUT2D eigenvalue weighted by Gasteiger charge is 2.33. The van der Waals surface area contributed by atoms with Crippen LogP contribution < -0.4 is 10.0 Å². The van der Waals surface area contributed by atoms with Gasteiger partial charge in [0.2, 0.25) is 0 Å². The number of benzene rings is 2. The summed E-state index contributed by atoms with van der Waals surface area (Å²) in [4.78, 5) is 15.9. The predicted octanol–water partition coefficient (Wildman–Crippen LogP) is 5.34. The second-order valence-electron chi connectivity index (χ2n) is 6.21. The van der Waals surface area contributed by atoms with Gasteiger partial charge >= 0.3 is 6.18 Å². The van der Waals surface area contributed by atoms with Gasteiger partial charge in [-0.05, 0) is 35.9 Å². The van der Waals surface area contributed by atoms with Crippen LogP contribution >= 0.6 is 34.5 Å². The van der Waals surface area contributed by atoms with E-state index in [1.54, 1.807) is 0 Å². The smallest absolute Gasteiger partial charge is 0.348 e. The number of carbonyl (C=O) groups excluding carboxylic acids is 1. The highest BCUT2D eigenvalue weighted by atomic mass is 35.5. The van der Waals surface area contributed by atoms with E-state index in [4.69, 9.17) is 23.2 Å². The normalized spacial score (nSPS) is 11.9. The van der Waals surface area contributed by atoms with Gasteiger partial charge in [0.25, 0.3) is 15.9 Å². The topological polar surface area (TPSA) is 88.2 Å². The molecule has 0 saturated carbocycles. The molecule has 14 heteroatoms. The minimum atomic E-state index is -4.83. The molecule has 3 aromatic rings. The quantitative estimate of drug-likeness (QED) is 0.423. The molecule has 0 aliphatic rings. The van der Waals surface area contributed by atoms with Gasteiger partial charge in [-0.25, -0.2) is 17.8 Å². The summed E-state index contributed by atoms with van der Waals surface area (Å²) in [7, 11) is -4.05. The first-order chi connectivity index (χ1) is 14.9. The Balaban J connectivity index is 1.71. The van der Waals surface area contributed by atoms with Gasteiger partial charge in [-0.15, -0.1) is 0 Å². The summed E-state index contributed by atoms with van der Waals surface area (Å²) >= 11 is 12.7. The molecule has 1 heterocycles. The molecule has 0 radical (unpaired) electrons. The van der Waals surface area contributed by atoms with Crippen LogP contribution in [0.2, 0.25) is 9.36 Å². The van der Waals surface area contributed by atoms with Crippen molar-refractivity contribution in [1.82, 2.24) is 10.3 Å². The van der Waals surface area contributed by atoms with Crippen LogP contribution in [-0.2, 0) is 22.7 Å². The fourth-order valence-electron chi connectivity index (χ4n) is 2.50. The number of anilines is 1. The van der Waals surface area contributed by atoms with E-state index in [0.29, 0.717) is 12.1 Å². The molecule has 1 aromatic heterocycles. The standard InChI is InChI=1S/C18H11Cl2F4N3O3S2/c19-13-6-10(32(29,30)27-17-26-8-15(20)31-17)2-3-11(13)16(28)25-7-9-1-4-12(14(21)5-9)18(22,23)24/h1-6,8H,7H2,(H,25,28)(H,26,27). The van der Waals surface area contributed by atoms with Crippen LogP contribution in [0.1, 0.15) is 21.5 Å². The lowest BCUT2D eigenvalue weighted by Gasteiger charge is -2.11. The molecule has 6 nitrogen and oxygen atoms in total. The van der Waals surface area contributed by atoms with Crippen molar-refractivity contribution in [3.05, 3.63) is 74.5 Å². The van der Waals surface area contributed by atoms with Crippen molar-refractivity contribution >= 4 is 55.6 Å². The van der Waals surface area contributed by atoms with E-state index in [9.17, 15) is 30.8 Å². The number of nitrogens with zero attached hydrogens (tertiary/aromatic N) is 1. The minimum Gasteiger partial charge on any atom is -0.348 e. The summed E-state index contributed by atoms with van der Waals surface area (Å²) in [6.45, 7) is -0.281. The molecule has 0 unspecified atom stereocenters. The van der Waals surface area contributed by atoms with Gasteiger partial charge in [-0.1, -0.05) is 40.6 Å². The maximum atomic E-state index is 13.6. The second-order valence-corrected chi connectivity index (χ2v) is 9.96. The zero-order valence-electron chi connectivity index (χ0n) is 15.5. The molecule has 0 fully saturated rings. The lowest BCUT2D eigenvalue weighted by atomic mass is 10.1. The summed E-state index contributed by atoms with van der Waals surface area (Å²) in [5.74, 6) is -2.20. The maximum Gasteiger partial charge on any atom is 0.419 e. The monoisotopic (exact) mass is 527 g/mol. The van der Waals surface area contributed by atoms with E-state index in [1.165, 1.54) is 6.20 Å². The Morgan fingerprint density at radius 1 is 1.12 bits per heavy atom. The molecule has 3 rings (SSSR count). The summed E-state index contributed by atoms with van der Waals surface area (Å²) in [6, 6.07) is 5.61. The third-order valence-electron chi connectivity index (χ3n) is 3.99. The Morgan fingerprint density at radius 2 is 1.84 bits per heavy atom. The number of amides is 1. The van der Waals surface area contributed by atoms with Crippen molar-refractivity contribution in [2.45, 2.75) is 17.6 Å². The van der Waals surface area contributed by atoms with Crippen LogP contribution in [0.3, 0.4) is 0 Å². The Kier molecular flexibility index (Phi) is 6.98. The van der Waals surface area contributed by atoms with Gasteiger partial charge in [0.1, 0.15) is 10.2 Å². The molecule has 0 saturated heterocycles. The molecule has 1 amide bonds. The first kappa shape index (κ1) is 24.2. The molecule has 0 atom stereocenters. The van der Waals surface area contributed by atoms with Crippen molar-refractivity contribution in [3.63, 3.8) is 0 Å². The second kappa shape index (κ2) is 9.22. The third kappa shape index (κ3) is 5.68. The summed E-state index contributed by atoms with van der Waals surface area (Å²) < 4.78 is 78.8. The summed E-state index contributed by atoms with van der Waals surface area (Å²) in [5.41, 5.74) is -1.41. The molecule has 170 valence electrons. The van der Waals surface area contributed by atoms with E-state index in [-0.39, 0.29) is 37.1 Å². The highest BCUT2D eigenvalue weighted by Crippen LogP contribution is 2.31. The fraction of sp³-hybridized carbons (Fsp3) is 0.111. The number of halogens is 6. The first-order valence-corrected chi connectivity index (χ1v) is 11.5. The minimum absolute atomic E-state index is 0.0386. The van der Waals surface area contributed by atoms with Gasteiger partial charge < -0.3 is 5.32 Å². The molecule has 0 aliphatic heterocycles. The third-order valence-corrected chi connectivity index (χ3v) is 6.80. The van der Waals surface area contributed by atoms with Gasteiger partial charge in [0, 0.05) is 6.54 Å². The van der Waals surface area contributed by atoms with Crippen molar-refractivity contribution in [2.24, 2.45) is 0 Å². The highest BCUT2D eigenvalue weighted by molar-refractivity contribution is 7.93. The number of alkyl halides is 3. The van der Waals surface area contributed by atoms with Crippen LogP contribution in [0.25, 0.3) is 0 Å². The molecule has 0 spiro atoms. The molecule has 2 aromatic carbocycles. The van der Waals surface area contributed by atoms with Crippen LogP contribution in [0.5, 0.6) is 0 Å². The number of rotatable bonds is 6. The number of hydrogen-bond acceptors (Lipinski definition) is 5. The molecular formula is C18H11Cl2F4N3O3S2. The number of sulfonamides is 1. The van der Waals surface area contributed by atoms with Gasteiger partial charge in [-0.2, -0.15) is 13.2 Å². The van der Waals surface area contributed by atoms with Gasteiger partial charge in [0.05, 0.1) is 27.2 Å². The summed E-state index contributed by atoms with van der Waals surface area (Å²) in [5, 5.41) is 2.23. The van der Waals surface area contributed by atoms with Crippen LogP contribution in [0.4, 0.5) is 22.7 Å². The SMILES string of the molecule is O=C(NCc1ccc(C(F)(F)F)c(F)c1)c1ccc(S(=O)(=O)Nc2ncc(Cl)s2)cc1Cl. The molecule has 0 bridgehead atoms. The number of hydrogen-bond donors (Lipinski definition) is 2. The van der Waals surface area contributed by atoms with Crippen LogP contribution in [0, 0.1) is 5.82 Å². The van der Waals surface area contributed by atoms with Crippen LogP contribution in [0.15, 0.2) is 47.5 Å². The Hall–Kier alpha value is -2.41. The number of aromatic nitrogens is 1. The van der Waals surface area contributed by atoms with Crippen molar-refractivity contribution < 1.29 is 30.8 Å². The number of thiazole rings is 1. The van der Waals surface area contributed by atoms with Gasteiger partial charge in [-0.3, -0.25) is 9.52 Å². The van der Waals surface area contributed by atoms with Crippen molar-refractivity contribution in [3.8, 4) is 0 Å². The van der Waals surface area contributed by atoms with Crippen molar-refractivity contribution in [1.29, 1.82) is 0 Å². The van der Waals surface area contributed by atoms with E-state index in [2.05, 4.69) is 15.0 Å². The number of carbonyl (C=O) groups is 1. The largest absolute Gasteiger partial charge is 0.419 e. The Bertz CT molecular complexity index is 1280. The predicted molar refractivity (Wildman–Crippen MR) is 112 cm³/mol. The molecular weight excluding hydrogens is 517 g/mol. The molecule has 0 aliphatic carbocycles. The Labute approximate surface area is 193 Å². The van der Waals surface area contributed by atoms with E-state index in [0.717, 1.165) is 35.6 Å².